The third kappa shape index (κ3) is 3.60. The Morgan fingerprint density at radius 3 is 2.32 bits per heavy atom. The molecule has 0 atom stereocenters. The highest BCUT2D eigenvalue weighted by molar-refractivity contribution is 6.05. The fourth-order valence-electron chi connectivity index (χ4n) is 2.36. The molecule has 130 valence electrons. The van der Waals surface area contributed by atoms with Crippen LogP contribution in [0.4, 0.5) is 5.69 Å². The fraction of sp³-hybridized carbons (Fsp3) is 0.167. The number of hydrogen-bond donors (Lipinski definition) is 1. The van der Waals surface area contributed by atoms with Crippen molar-refractivity contribution in [2.24, 2.45) is 0 Å². The van der Waals surface area contributed by atoms with Crippen LogP contribution in [0.2, 0.25) is 0 Å². The summed E-state index contributed by atoms with van der Waals surface area (Å²) in [6, 6.07) is 4.69. The van der Waals surface area contributed by atoms with Gasteiger partial charge >= 0.3 is 17.9 Å². The van der Waals surface area contributed by atoms with E-state index in [0.717, 1.165) is 0 Å². The van der Waals surface area contributed by atoms with Gasteiger partial charge in [0, 0.05) is 11.9 Å². The molecule has 1 aromatic carbocycles. The van der Waals surface area contributed by atoms with E-state index < -0.39 is 17.9 Å². The van der Waals surface area contributed by atoms with Crippen molar-refractivity contribution >= 4 is 23.6 Å². The molecular formula is C18H17NO6. The number of methoxy groups -OCH3 is 2. The number of carboxylic acids is 1. The van der Waals surface area contributed by atoms with Gasteiger partial charge in [-0.3, -0.25) is 0 Å². The third-order valence-corrected chi connectivity index (χ3v) is 3.62. The highest BCUT2D eigenvalue weighted by atomic mass is 16.5. The van der Waals surface area contributed by atoms with Crippen LogP contribution >= 0.6 is 0 Å². The standard InChI is InChI=1S/C18H17NO6/c1-11-7-8-12(10-14(11)16(20)21)19-9-5-4-6-13(17(22)24-2)15(19)18(23)25-3/h4-10H,1-3H3,(H,20,21). The summed E-state index contributed by atoms with van der Waals surface area (Å²) in [5, 5.41) is 9.32. The summed E-state index contributed by atoms with van der Waals surface area (Å²) in [6.07, 6.45) is 6.15. The van der Waals surface area contributed by atoms with Gasteiger partial charge in [-0.2, -0.15) is 0 Å². The number of rotatable bonds is 4. The Kier molecular flexibility index (Phi) is 5.38. The van der Waals surface area contributed by atoms with Gasteiger partial charge in [0.15, 0.2) is 0 Å². The molecule has 0 amide bonds. The van der Waals surface area contributed by atoms with E-state index in [1.807, 2.05) is 0 Å². The molecule has 1 N–H and O–H groups in total. The van der Waals surface area contributed by atoms with Gasteiger partial charge in [-0.05, 0) is 36.8 Å². The first-order valence-electron chi connectivity index (χ1n) is 7.29. The topological polar surface area (TPSA) is 93.1 Å². The zero-order chi connectivity index (χ0) is 18.6. The molecule has 0 aliphatic carbocycles. The first-order chi connectivity index (χ1) is 11.9. The largest absolute Gasteiger partial charge is 0.478 e. The Morgan fingerprint density at radius 1 is 1.04 bits per heavy atom. The van der Waals surface area contributed by atoms with Gasteiger partial charge < -0.3 is 19.5 Å². The molecule has 0 saturated carbocycles. The summed E-state index contributed by atoms with van der Waals surface area (Å²) < 4.78 is 9.52. The highest BCUT2D eigenvalue weighted by Gasteiger charge is 2.27. The lowest BCUT2D eigenvalue weighted by Crippen LogP contribution is -2.27. The van der Waals surface area contributed by atoms with Gasteiger partial charge in [-0.1, -0.05) is 12.1 Å². The number of aryl methyl sites for hydroxylation is 1. The van der Waals surface area contributed by atoms with Crippen LogP contribution in [0.5, 0.6) is 0 Å². The maximum Gasteiger partial charge on any atom is 0.355 e. The number of carboxylic acid groups (broad SMARTS) is 1. The van der Waals surface area contributed by atoms with Gasteiger partial charge in [0.05, 0.1) is 25.4 Å². The van der Waals surface area contributed by atoms with Gasteiger partial charge in [0.1, 0.15) is 5.70 Å². The molecule has 1 aliphatic rings. The molecule has 0 unspecified atom stereocenters. The van der Waals surface area contributed by atoms with E-state index in [2.05, 4.69) is 0 Å². The molecule has 0 fully saturated rings. The molecule has 2 rings (SSSR count). The van der Waals surface area contributed by atoms with Crippen molar-refractivity contribution in [3.8, 4) is 0 Å². The molecule has 0 spiro atoms. The minimum Gasteiger partial charge on any atom is -0.478 e. The number of benzene rings is 1. The van der Waals surface area contributed by atoms with E-state index >= 15 is 0 Å². The average Bonchev–Trinajstić information content (AvgIpc) is 2.83. The summed E-state index contributed by atoms with van der Waals surface area (Å²) in [7, 11) is 2.40. The highest BCUT2D eigenvalue weighted by Crippen LogP contribution is 2.28. The number of carbonyl (C=O) groups excluding carboxylic acids is 2. The number of allylic oxidation sites excluding steroid dienone is 2. The van der Waals surface area contributed by atoms with E-state index in [9.17, 15) is 19.5 Å². The van der Waals surface area contributed by atoms with E-state index in [0.29, 0.717) is 11.3 Å². The fourth-order valence-corrected chi connectivity index (χ4v) is 2.36. The lowest BCUT2D eigenvalue weighted by molar-refractivity contribution is -0.139. The van der Waals surface area contributed by atoms with Crippen molar-refractivity contribution in [1.82, 2.24) is 0 Å². The zero-order valence-corrected chi connectivity index (χ0v) is 14.0. The van der Waals surface area contributed by atoms with Crippen molar-refractivity contribution < 1.29 is 29.0 Å². The predicted octanol–water partition coefficient (Wildman–Crippen LogP) is 2.18. The maximum absolute atomic E-state index is 12.3. The van der Waals surface area contributed by atoms with Gasteiger partial charge in [0.2, 0.25) is 0 Å². The van der Waals surface area contributed by atoms with E-state index in [1.165, 1.54) is 37.5 Å². The van der Waals surface area contributed by atoms with Crippen molar-refractivity contribution in [1.29, 1.82) is 0 Å². The van der Waals surface area contributed by atoms with Crippen LogP contribution in [-0.2, 0) is 19.1 Å². The van der Waals surface area contributed by atoms with Crippen LogP contribution < -0.4 is 4.90 Å². The SMILES string of the molecule is COC(=O)C1=C(C(=O)OC)N(c2ccc(C)c(C(=O)O)c2)C=CC=C1. The predicted molar refractivity (Wildman–Crippen MR) is 90.0 cm³/mol. The number of anilines is 1. The second kappa shape index (κ2) is 7.48. The van der Waals surface area contributed by atoms with E-state index in [-0.39, 0.29) is 16.8 Å². The Balaban J connectivity index is 2.69. The first kappa shape index (κ1) is 18.0. The molecule has 25 heavy (non-hydrogen) atoms. The quantitative estimate of drug-likeness (QED) is 0.838. The monoisotopic (exact) mass is 343 g/mol. The van der Waals surface area contributed by atoms with E-state index in [4.69, 9.17) is 9.47 Å². The number of nitrogens with zero attached hydrogens (tertiary/aromatic N) is 1. The molecule has 0 radical (unpaired) electrons. The maximum atomic E-state index is 12.3. The molecule has 1 heterocycles. The van der Waals surface area contributed by atoms with Crippen molar-refractivity contribution in [2.45, 2.75) is 6.92 Å². The summed E-state index contributed by atoms with van der Waals surface area (Å²) >= 11 is 0. The lowest BCUT2D eigenvalue weighted by atomic mass is 10.1. The molecule has 0 bridgehead atoms. The number of aromatic carboxylic acids is 1. The number of ether oxygens (including phenoxy) is 2. The smallest absolute Gasteiger partial charge is 0.355 e. The molecule has 7 heteroatoms. The van der Waals surface area contributed by atoms with Gasteiger partial charge in [0.25, 0.3) is 0 Å². The summed E-state index contributed by atoms with van der Waals surface area (Å²) in [5.41, 5.74) is 0.984. The molecule has 1 aliphatic heterocycles. The number of carbonyl (C=O) groups is 3. The number of hydrogen-bond acceptors (Lipinski definition) is 6. The first-order valence-corrected chi connectivity index (χ1v) is 7.29. The van der Waals surface area contributed by atoms with Crippen molar-refractivity contribution in [3.05, 3.63) is 65.0 Å². The zero-order valence-electron chi connectivity index (χ0n) is 14.0. The minimum absolute atomic E-state index is 0.00296. The minimum atomic E-state index is -1.09. The molecule has 7 nitrogen and oxygen atoms in total. The van der Waals surface area contributed by atoms with Gasteiger partial charge in [-0.25, -0.2) is 14.4 Å². The molecule has 1 aromatic rings. The average molecular weight is 343 g/mol. The third-order valence-electron chi connectivity index (χ3n) is 3.62. The molecule has 0 aromatic heterocycles. The lowest BCUT2D eigenvalue weighted by Gasteiger charge is -2.23. The second-order valence-electron chi connectivity index (χ2n) is 5.12. The van der Waals surface area contributed by atoms with Crippen LogP contribution in [0.15, 0.2) is 53.9 Å². The van der Waals surface area contributed by atoms with Crippen LogP contribution in [0.3, 0.4) is 0 Å². The summed E-state index contributed by atoms with van der Waals surface area (Å²) in [6.45, 7) is 1.67. The Bertz CT molecular complexity index is 819. The second-order valence-corrected chi connectivity index (χ2v) is 5.12. The van der Waals surface area contributed by atoms with Crippen molar-refractivity contribution in [2.75, 3.05) is 19.1 Å². The van der Waals surface area contributed by atoms with Crippen molar-refractivity contribution in [3.63, 3.8) is 0 Å². The Labute approximate surface area is 144 Å². The van der Waals surface area contributed by atoms with E-state index in [1.54, 1.807) is 31.2 Å². The normalized spacial score (nSPS) is 13.5. The van der Waals surface area contributed by atoms with Crippen LogP contribution in [0.1, 0.15) is 15.9 Å². The summed E-state index contributed by atoms with van der Waals surface area (Å²) in [4.78, 5) is 37.2. The Morgan fingerprint density at radius 2 is 1.72 bits per heavy atom. The summed E-state index contributed by atoms with van der Waals surface area (Å²) in [5.74, 6) is -2.56. The molecule has 0 saturated heterocycles. The molecular weight excluding hydrogens is 326 g/mol. The van der Waals surface area contributed by atoms with Crippen LogP contribution in [0.25, 0.3) is 0 Å². The van der Waals surface area contributed by atoms with Crippen LogP contribution in [-0.4, -0.2) is 37.2 Å². The Hall–Kier alpha value is -3.35. The van der Waals surface area contributed by atoms with Gasteiger partial charge in [-0.15, -0.1) is 0 Å². The van der Waals surface area contributed by atoms with Crippen LogP contribution in [0, 0.1) is 6.92 Å². The number of esters is 2.